The maximum absolute atomic E-state index is 12.3. The summed E-state index contributed by atoms with van der Waals surface area (Å²) in [6.07, 6.45) is 2.49. The molecule has 1 aliphatic heterocycles. The number of para-hydroxylation sites is 2. The molecule has 6 heteroatoms. The third kappa shape index (κ3) is 4.27. The van der Waals surface area contributed by atoms with Gasteiger partial charge in [0, 0.05) is 32.0 Å². The molecule has 6 nitrogen and oxygen atoms in total. The molecule has 1 aliphatic rings. The molecule has 0 N–H and O–H groups in total. The number of benzene rings is 2. The predicted molar refractivity (Wildman–Crippen MR) is 117 cm³/mol. The van der Waals surface area contributed by atoms with Gasteiger partial charge in [0.05, 0.1) is 24.8 Å². The summed E-state index contributed by atoms with van der Waals surface area (Å²) >= 11 is 0. The summed E-state index contributed by atoms with van der Waals surface area (Å²) in [5.41, 5.74) is 2.15. The summed E-state index contributed by atoms with van der Waals surface area (Å²) in [4.78, 5) is 19.1. The highest BCUT2D eigenvalue weighted by atomic mass is 16.5. The lowest BCUT2D eigenvalue weighted by Gasteiger charge is -2.15. The van der Waals surface area contributed by atoms with Crippen LogP contribution in [0.2, 0.25) is 0 Å². The van der Waals surface area contributed by atoms with Gasteiger partial charge in [-0.25, -0.2) is 4.98 Å². The van der Waals surface area contributed by atoms with Crippen molar-refractivity contribution in [2.24, 2.45) is 0 Å². The van der Waals surface area contributed by atoms with Crippen LogP contribution in [-0.4, -0.2) is 47.2 Å². The van der Waals surface area contributed by atoms with Crippen LogP contribution in [-0.2, 0) is 11.3 Å². The Kier molecular flexibility index (Phi) is 6.21. The number of carbonyl (C=O) groups excluding carboxylic acids is 1. The Morgan fingerprint density at radius 3 is 2.57 bits per heavy atom. The molecule has 1 unspecified atom stereocenters. The molecular formula is C24H29N3O3. The molecule has 0 radical (unpaired) electrons. The lowest BCUT2D eigenvalue weighted by Crippen LogP contribution is -2.24. The van der Waals surface area contributed by atoms with Gasteiger partial charge < -0.3 is 18.9 Å². The zero-order valence-corrected chi connectivity index (χ0v) is 17.7. The highest BCUT2D eigenvalue weighted by Gasteiger charge is 2.32. The number of nitrogens with zero attached hydrogens (tertiary/aromatic N) is 3. The Hall–Kier alpha value is -3.02. The molecule has 30 heavy (non-hydrogen) atoms. The minimum Gasteiger partial charge on any atom is -0.497 e. The number of fused-ring (bicyclic) bond motifs is 1. The van der Waals surface area contributed by atoms with Crippen molar-refractivity contribution in [3.63, 3.8) is 0 Å². The fourth-order valence-electron chi connectivity index (χ4n) is 4.13. The summed E-state index contributed by atoms with van der Waals surface area (Å²) in [7, 11) is 1.66. The number of likely N-dealkylation sites (tertiary alicyclic amines) is 1. The Morgan fingerprint density at radius 1 is 1.07 bits per heavy atom. The zero-order valence-electron chi connectivity index (χ0n) is 17.7. The highest BCUT2D eigenvalue weighted by molar-refractivity contribution is 5.80. The molecule has 3 aromatic rings. The molecular weight excluding hydrogens is 378 g/mol. The minimum atomic E-state index is 0.167. The van der Waals surface area contributed by atoms with Crippen LogP contribution in [0.1, 0.15) is 37.9 Å². The third-order valence-corrected chi connectivity index (χ3v) is 5.75. The second-order valence-corrected chi connectivity index (χ2v) is 7.67. The fourth-order valence-corrected chi connectivity index (χ4v) is 4.13. The van der Waals surface area contributed by atoms with Crippen LogP contribution in [0.25, 0.3) is 11.0 Å². The molecule has 2 aromatic carbocycles. The van der Waals surface area contributed by atoms with Gasteiger partial charge in [-0.05, 0) is 56.2 Å². The Labute approximate surface area is 177 Å². The first kappa shape index (κ1) is 20.3. The Morgan fingerprint density at radius 2 is 1.83 bits per heavy atom. The minimum absolute atomic E-state index is 0.167. The van der Waals surface area contributed by atoms with Gasteiger partial charge in [0.25, 0.3) is 0 Å². The number of rotatable bonds is 9. The van der Waals surface area contributed by atoms with Crippen molar-refractivity contribution < 1.29 is 14.3 Å². The number of hydrogen-bond acceptors (Lipinski definition) is 4. The summed E-state index contributed by atoms with van der Waals surface area (Å²) in [6.45, 7) is 5.10. The molecule has 0 saturated carbocycles. The maximum atomic E-state index is 12.3. The van der Waals surface area contributed by atoms with Crippen molar-refractivity contribution in [1.82, 2.24) is 14.5 Å². The maximum Gasteiger partial charge on any atom is 0.223 e. The summed E-state index contributed by atoms with van der Waals surface area (Å²) < 4.78 is 13.3. The number of amides is 1. The van der Waals surface area contributed by atoms with Gasteiger partial charge in [-0.1, -0.05) is 12.1 Å². The van der Waals surface area contributed by atoms with Gasteiger partial charge in [0.2, 0.25) is 5.91 Å². The van der Waals surface area contributed by atoms with Crippen LogP contribution < -0.4 is 9.47 Å². The van der Waals surface area contributed by atoms with Crippen molar-refractivity contribution in [2.75, 3.05) is 26.8 Å². The first-order chi connectivity index (χ1) is 14.7. The monoisotopic (exact) mass is 407 g/mol. The number of unbranched alkanes of at least 4 members (excludes halogenated alkanes) is 1. The topological polar surface area (TPSA) is 56.6 Å². The lowest BCUT2D eigenvalue weighted by atomic mass is 10.1. The standard InChI is InChI=1S/C24H29N3O3/c1-3-26-17-18(16-23(26)28)24-25-21-8-4-5-9-22(21)27(24)14-6-7-15-30-20-12-10-19(29-2)11-13-20/h4-5,8-13,18H,3,6-7,14-17H2,1-2H3. The van der Waals surface area contributed by atoms with E-state index in [2.05, 4.69) is 22.8 Å². The average molecular weight is 408 g/mol. The van der Waals surface area contributed by atoms with E-state index in [0.717, 1.165) is 60.8 Å². The van der Waals surface area contributed by atoms with Crippen LogP contribution in [0.4, 0.5) is 0 Å². The zero-order chi connectivity index (χ0) is 20.9. The summed E-state index contributed by atoms with van der Waals surface area (Å²) in [5.74, 6) is 3.12. The number of ether oxygens (including phenoxy) is 2. The Bertz CT molecular complexity index is 997. The molecule has 1 amide bonds. The Balaban J connectivity index is 1.40. The molecule has 1 atom stereocenters. The van der Waals surface area contributed by atoms with Crippen molar-refractivity contribution in [2.45, 2.75) is 38.6 Å². The highest BCUT2D eigenvalue weighted by Crippen LogP contribution is 2.30. The van der Waals surface area contributed by atoms with Crippen molar-refractivity contribution >= 4 is 16.9 Å². The van der Waals surface area contributed by atoms with Gasteiger partial charge in [-0.2, -0.15) is 0 Å². The molecule has 1 fully saturated rings. The van der Waals surface area contributed by atoms with Gasteiger partial charge in [-0.3, -0.25) is 4.79 Å². The van der Waals surface area contributed by atoms with E-state index in [-0.39, 0.29) is 11.8 Å². The predicted octanol–water partition coefficient (Wildman–Crippen LogP) is 4.24. The van der Waals surface area contributed by atoms with E-state index in [1.54, 1.807) is 7.11 Å². The van der Waals surface area contributed by atoms with Gasteiger partial charge in [-0.15, -0.1) is 0 Å². The lowest BCUT2D eigenvalue weighted by molar-refractivity contribution is -0.127. The summed E-state index contributed by atoms with van der Waals surface area (Å²) in [6, 6.07) is 15.9. The first-order valence-electron chi connectivity index (χ1n) is 10.7. The number of likely N-dealkylation sites (N-methyl/N-ethyl adjacent to an activating group) is 1. The van der Waals surface area contributed by atoms with Crippen molar-refractivity contribution in [3.05, 3.63) is 54.4 Å². The van der Waals surface area contributed by atoms with Gasteiger partial charge in [0.15, 0.2) is 0 Å². The fraction of sp³-hybridized carbons (Fsp3) is 0.417. The molecule has 2 heterocycles. The van der Waals surface area contributed by atoms with Crippen LogP contribution in [0.15, 0.2) is 48.5 Å². The van der Waals surface area contributed by atoms with Gasteiger partial charge >= 0.3 is 0 Å². The second kappa shape index (κ2) is 9.20. The summed E-state index contributed by atoms with van der Waals surface area (Å²) in [5, 5.41) is 0. The van der Waals surface area contributed by atoms with E-state index in [9.17, 15) is 4.79 Å². The number of carbonyl (C=O) groups is 1. The van der Waals surface area contributed by atoms with E-state index in [0.29, 0.717) is 13.0 Å². The number of imidazole rings is 1. The molecule has 4 rings (SSSR count). The molecule has 158 valence electrons. The number of aryl methyl sites for hydroxylation is 1. The largest absolute Gasteiger partial charge is 0.497 e. The van der Waals surface area contributed by atoms with Crippen LogP contribution in [0.5, 0.6) is 11.5 Å². The van der Waals surface area contributed by atoms with E-state index in [1.165, 1.54) is 0 Å². The van der Waals surface area contributed by atoms with Crippen LogP contribution in [0.3, 0.4) is 0 Å². The number of aromatic nitrogens is 2. The van der Waals surface area contributed by atoms with Gasteiger partial charge in [0.1, 0.15) is 17.3 Å². The quantitative estimate of drug-likeness (QED) is 0.498. The van der Waals surface area contributed by atoms with E-state index in [4.69, 9.17) is 14.5 Å². The van der Waals surface area contributed by atoms with E-state index in [1.807, 2.05) is 42.2 Å². The number of methoxy groups -OCH3 is 1. The first-order valence-corrected chi connectivity index (χ1v) is 10.7. The third-order valence-electron chi connectivity index (χ3n) is 5.75. The van der Waals surface area contributed by atoms with E-state index < -0.39 is 0 Å². The normalized spacial score (nSPS) is 16.4. The van der Waals surface area contributed by atoms with Crippen LogP contribution >= 0.6 is 0 Å². The van der Waals surface area contributed by atoms with Crippen molar-refractivity contribution in [1.29, 1.82) is 0 Å². The smallest absolute Gasteiger partial charge is 0.223 e. The van der Waals surface area contributed by atoms with Crippen LogP contribution in [0, 0.1) is 0 Å². The molecule has 0 bridgehead atoms. The molecule has 1 aromatic heterocycles. The molecule has 1 saturated heterocycles. The SMILES string of the molecule is CCN1CC(c2nc3ccccc3n2CCCCOc2ccc(OC)cc2)CC1=O. The molecule has 0 spiro atoms. The van der Waals surface area contributed by atoms with E-state index >= 15 is 0 Å². The second-order valence-electron chi connectivity index (χ2n) is 7.67. The molecule has 0 aliphatic carbocycles. The number of hydrogen-bond donors (Lipinski definition) is 0. The average Bonchev–Trinajstić information content (AvgIpc) is 3.34. The van der Waals surface area contributed by atoms with Crippen molar-refractivity contribution in [3.8, 4) is 11.5 Å².